The van der Waals surface area contributed by atoms with Crippen LogP contribution < -0.4 is 0 Å². The Morgan fingerprint density at radius 3 is 2.59 bits per heavy atom. The predicted molar refractivity (Wildman–Crippen MR) is 78.4 cm³/mol. The Balaban J connectivity index is 2.02. The van der Waals surface area contributed by atoms with Crippen molar-refractivity contribution in [2.24, 2.45) is 0 Å². The Kier molecular flexibility index (Phi) is 3.42. The molecule has 0 saturated carbocycles. The maximum absolute atomic E-state index is 12.9. The van der Waals surface area contributed by atoms with E-state index in [0.29, 0.717) is 11.4 Å². The molecule has 0 unspecified atom stereocenters. The molecular weight excluding hydrogens is 285 g/mol. The van der Waals surface area contributed by atoms with Gasteiger partial charge >= 0.3 is 5.97 Å². The zero-order valence-corrected chi connectivity index (χ0v) is 11.7. The molecule has 0 saturated heterocycles. The van der Waals surface area contributed by atoms with Crippen molar-refractivity contribution in [2.45, 2.75) is 6.92 Å². The van der Waals surface area contributed by atoms with Gasteiger partial charge in [-0.3, -0.25) is 0 Å². The molecule has 1 N–H and O–H groups in total. The first-order valence-electron chi connectivity index (χ1n) is 6.57. The van der Waals surface area contributed by atoms with E-state index in [2.05, 4.69) is 10.3 Å². The normalized spacial score (nSPS) is 10.6. The van der Waals surface area contributed by atoms with Crippen molar-refractivity contribution in [3.05, 3.63) is 65.6 Å². The number of aromatic carboxylic acids is 1. The van der Waals surface area contributed by atoms with E-state index < -0.39 is 5.97 Å². The van der Waals surface area contributed by atoms with Gasteiger partial charge in [0, 0.05) is 5.56 Å². The first-order valence-corrected chi connectivity index (χ1v) is 6.57. The van der Waals surface area contributed by atoms with Gasteiger partial charge in [-0.05, 0) is 48.9 Å². The smallest absolute Gasteiger partial charge is 0.335 e. The molecule has 0 amide bonds. The minimum Gasteiger partial charge on any atom is -0.478 e. The van der Waals surface area contributed by atoms with Crippen LogP contribution >= 0.6 is 0 Å². The summed E-state index contributed by atoms with van der Waals surface area (Å²) in [4.78, 5) is 11.1. The molecule has 2 aromatic carbocycles. The molecule has 110 valence electrons. The quantitative estimate of drug-likeness (QED) is 0.806. The average Bonchev–Trinajstić information content (AvgIpc) is 2.98. The van der Waals surface area contributed by atoms with Crippen LogP contribution in [0.4, 0.5) is 4.39 Å². The van der Waals surface area contributed by atoms with E-state index in [9.17, 15) is 9.18 Å². The predicted octanol–water partition coefficient (Wildman–Crippen LogP) is 3.08. The summed E-state index contributed by atoms with van der Waals surface area (Å²) in [5.74, 6) is -1.32. The maximum atomic E-state index is 12.9. The molecule has 1 heterocycles. The fourth-order valence-corrected chi connectivity index (χ4v) is 2.12. The van der Waals surface area contributed by atoms with Gasteiger partial charge < -0.3 is 5.11 Å². The van der Waals surface area contributed by atoms with E-state index in [1.54, 1.807) is 36.5 Å². The van der Waals surface area contributed by atoms with Crippen molar-refractivity contribution in [2.75, 3.05) is 0 Å². The van der Waals surface area contributed by atoms with Gasteiger partial charge in [0.05, 0.1) is 17.4 Å². The second kappa shape index (κ2) is 5.40. The van der Waals surface area contributed by atoms with Gasteiger partial charge in [0.2, 0.25) is 0 Å². The third-order valence-corrected chi connectivity index (χ3v) is 3.34. The molecule has 0 aliphatic carbocycles. The van der Waals surface area contributed by atoms with Crippen molar-refractivity contribution >= 4 is 5.97 Å². The topological polar surface area (TPSA) is 68.0 Å². The number of aromatic nitrogens is 3. The molecular formula is C16H12FN3O2. The molecule has 0 radical (unpaired) electrons. The van der Waals surface area contributed by atoms with E-state index in [4.69, 9.17) is 5.11 Å². The number of halogens is 1. The van der Waals surface area contributed by atoms with Crippen molar-refractivity contribution in [1.29, 1.82) is 0 Å². The summed E-state index contributed by atoms with van der Waals surface area (Å²) in [5.41, 5.74) is 3.01. The molecule has 3 rings (SSSR count). The molecule has 1 aromatic heterocycles. The largest absolute Gasteiger partial charge is 0.478 e. The summed E-state index contributed by atoms with van der Waals surface area (Å²) < 4.78 is 14.5. The Bertz CT molecular complexity index is 841. The first kappa shape index (κ1) is 13.9. The molecule has 0 spiro atoms. The highest BCUT2D eigenvalue weighted by Gasteiger charge is 2.10. The van der Waals surface area contributed by atoms with Crippen molar-refractivity contribution < 1.29 is 14.3 Å². The lowest BCUT2D eigenvalue weighted by Crippen LogP contribution is -2.02. The van der Waals surface area contributed by atoms with Crippen LogP contribution in [-0.2, 0) is 0 Å². The summed E-state index contributed by atoms with van der Waals surface area (Å²) >= 11 is 0. The van der Waals surface area contributed by atoms with Gasteiger partial charge in [0.1, 0.15) is 11.5 Å². The van der Waals surface area contributed by atoms with Crippen LogP contribution in [0.1, 0.15) is 15.9 Å². The Labute approximate surface area is 125 Å². The highest BCUT2D eigenvalue weighted by molar-refractivity contribution is 5.88. The van der Waals surface area contributed by atoms with E-state index >= 15 is 0 Å². The molecule has 0 aliphatic rings. The molecule has 0 bridgehead atoms. The van der Waals surface area contributed by atoms with Crippen LogP contribution in [0.25, 0.3) is 16.9 Å². The van der Waals surface area contributed by atoms with Gasteiger partial charge in [0.25, 0.3) is 0 Å². The van der Waals surface area contributed by atoms with Gasteiger partial charge in [-0.15, -0.1) is 5.10 Å². The van der Waals surface area contributed by atoms with Crippen molar-refractivity contribution in [3.8, 4) is 16.9 Å². The van der Waals surface area contributed by atoms with E-state index in [1.807, 2.05) is 6.92 Å². The molecule has 6 heteroatoms. The number of benzene rings is 2. The third kappa shape index (κ3) is 2.58. The van der Waals surface area contributed by atoms with E-state index in [-0.39, 0.29) is 11.4 Å². The standard InChI is InChI=1S/C16H12FN3O2/c1-10-2-3-12(16(21)22)8-15(10)20-9-14(18-19-20)11-4-6-13(17)7-5-11/h2-9H,1H3,(H,21,22). The fourth-order valence-electron chi connectivity index (χ4n) is 2.12. The number of rotatable bonds is 3. The Hall–Kier alpha value is -3.02. The zero-order chi connectivity index (χ0) is 15.7. The molecule has 22 heavy (non-hydrogen) atoms. The van der Waals surface area contributed by atoms with Gasteiger partial charge in [-0.25, -0.2) is 13.9 Å². The number of hydrogen-bond donors (Lipinski definition) is 1. The molecule has 3 aromatic rings. The van der Waals surface area contributed by atoms with E-state index in [1.165, 1.54) is 16.8 Å². The van der Waals surface area contributed by atoms with Crippen molar-refractivity contribution in [3.63, 3.8) is 0 Å². The lowest BCUT2D eigenvalue weighted by molar-refractivity contribution is 0.0697. The summed E-state index contributed by atoms with van der Waals surface area (Å²) in [6, 6.07) is 10.7. The van der Waals surface area contributed by atoms with Crippen LogP contribution in [0, 0.1) is 12.7 Å². The molecule has 0 aliphatic heterocycles. The fraction of sp³-hybridized carbons (Fsp3) is 0.0625. The third-order valence-electron chi connectivity index (χ3n) is 3.34. The highest BCUT2D eigenvalue weighted by atomic mass is 19.1. The molecule has 5 nitrogen and oxygen atoms in total. The van der Waals surface area contributed by atoms with Gasteiger partial charge in [0.15, 0.2) is 0 Å². The monoisotopic (exact) mass is 297 g/mol. The zero-order valence-electron chi connectivity index (χ0n) is 11.7. The highest BCUT2D eigenvalue weighted by Crippen LogP contribution is 2.20. The number of carbonyl (C=O) groups is 1. The lowest BCUT2D eigenvalue weighted by atomic mass is 10.1. The molecule has 0 fully saturated rings. The number of carboxylic acids is 1. The Morgan fingerprint density at radius 1 is 1.18 bits per heavy atom. The van der Waals surface area contributed by atoms with Crippen LogP contribution in [-0.4, -0.2) is 26.1 Å². The second-order valence-electron chi connectivity index (χ2n) is 4.86. The lowest BCUT2D eigenvalue weighted by Gasteiger charge is -2.05. The van der Waals surface area contributed by atoms with Crippen LogP contribution in [0.15, 0.2) is 48.7 Å². The number of carboxylic acid groups (broad SMARTS) is 1. The molecule has 0 atom stereocenters. The minimum atomic E-state index is -1.000. The summed E-state index contributed by atoms with van der Waals surface area (Å²) in [6.45, 7) is 1.86. The van der Waals surface area contributed by atoms with Crippen molar-refractivity contribution in [1.82, 2.24) is 15.0 Å². The summed E-state index contributed by atoms with van der Waals surface area (Å²) in [7, 11) is 0. The first-order chi connectivity index (χ1) is 10.5. The number of hydrogen-bond acceptors (Lipinski definition) is 3. The number of aryl methyl sites for hydroxylation is 1. The Morgan fingerprint density at radius 2 is 1.91 bits per heavy atom. The average molecular weight is 297 g/mol. The SMILES string of the molecule is Cc1ccc(C(=O)O)cc1-n1cc(-c2ccc(F)cc2)nn1. The second-order valence-corrected chi connectivity index (χ2v) is 4.86. The van der Waals surface area contributed by atoms with Crippen LogP contribution in [0.3, 0.4) is 0 Å². The maximum Gasteiger partial charge on any atom is 0.335 e. The van der Waals surface area contributed by atoms with Crippen LogP contribution in [0.2, 0.25) is 0 Å². The van der Waals surface area contributed by atoms with E-state index in [0.717, 1.165) is 11.1 Å². The summed E-state index contributed by atoms with van der Waals surface area (Å²) in [6.07, 6.45) is 1.68. The van der Waals surface area contributed by atoms with Gasteiger partial charge in [-0.2, -0.15) is 0 Å². The number of nitrogens with zero attached hydrogens (tertiary/aromatic N) is 3. The van der Waals surface area contributed by atoms with Gasteiger partial charge in [-0.1, -0.05) is 11.3 Å². The van der Waals surface area contributed by atoms with Crippen LogP contribution in [0.5, 0.6) is 0 Å². The summed E-state index contributed by atoms with van der Waals surface area (Å²) in [5, 5.41) is 17.2. The minimum absolute atomic E-state index is 0.180.